The molecule has 1 aliphatic heterocycles. The summed E-state index contributed by atoms with van der Waals surface area (Å²) in [7, 11) is 0. The first-order valence-corrected chi connectivity index (χ1v) is 7.48. The number of rotatable bonds is 4. The Morgan fingerprint density at radius 1 is 1.29 bits per heavy atom. The van der Waals surface area contributed by atoms with Gasteiger partial charge in [-0.1, -0.05) is 13.8 Å². The molecule has 2 aliphatic rings. The summed E-state index contributed by atoms with van der Waals surface area (Å²) in [6.45, 7) is 13.3. The maximum absolute atomic E-state index is 3.73. The van der Waals surface area contributed by atoms with Gasteiger partial charge in [0.1, 0.15) is 0 Å². The predicted molar refractivity (Wildman–Crippen MR) is 74.2 cm³/mol. The molecule has 1 aliphatic carbocycles. The normalized spacial score (nSPS) is 28.4. The van der Waals surface area contributed by atoms with Gasteiger partial charge in [0.2, 0.25) is 0 Å². The van der Waals surface area contributed by atoms with Crippen molar-refractivity contribution < 1.29 is 0 Å². The van der Waals surface area contributed by atoms with E-state index in [0.717, 1.165) is 11.8 Å². The van der Waals surface area contributed by atoms with Crippen LogP contribution >= 0.6 is 0 Å². The van der Waals surface area contributed by atoms with E-state index in [1.807, 2.05) is 0 Å². The Bertz CT molecular complexity index is 243. The van der Waals surface area contributed by atoms with Gasteiger partial charge in [-0.3, -0.25) is 4.90 Å². The van der Waals surface area contributed by atoms with Crippen molar-refractivity contribution in [3.63, 3.8) is 0 Å². The Kier molecular flexibility index (Phi) is 4.14. The van der Waals surface area contributed by atoms with Crippen molar-refractivity contribution in [2.24, 2.45) is 11.8 Å². The lowest BCUT2D eigenvalue weighted by molar-refractivity contribution is 0.0940. The van der Waals surface area contributed by atoms with Gasteiger partial charge in [0.15, 0.2) is 0 Å². The van der Waals surface area contributed by atoms with Crippen LogP contribution in [0.25, 0.3) is 0 Å². The lowest BCUT2D eigenvalue weighted by Crippen LogP contribution is -2.50. The van der Waals surface area contributed by atoms with E-state index in [1.54, 1.807) is 0 Å². The lowest BCUT2D eigenvalue weighted by Gasteiger charge is -2.40. The van der Waals surface area contributed by atoms with Crippen molar-refractivity contribution in [2.75, 3.05) is 19.6 Å². The maximum Gasteiger partial charge on any atom is 0.0197 e. The molecule has 2 rings (SSSR count). The van der Waals surface area contributed by atoms with Crippen molar-refractivity contribution in [3.8, 4) is 0 Å². The molecule has 1 heterocycles. The first-order chi connectivity index (χ1) is 8.00. The van der Waals surface area contributed by atoms with Crippen molar-refractivity contribution >= 4 is 0 Å². The summed E-state index contributed by atoms with van der Waals surface area (Å²) in [5, 5.41) is 3.73. The summed E-state index contributed by atoms with van der Waals surface area (Å²) in [5.41, 5.74) is 0.432. The molecule has 1 saturated heterocycles. The minimum atomic E-state index is 0.432. The van der Waals surface area contributed by atoms with Gasteiger partial charge in [0, 0.05) is 18.1 Å². The minimum Gasteiger partial charge on any atom is -0.313 e. The van der Waals surface area contributed by atoms with E-state index in [0.29, 0.717) is 11.6 Å². The van der Waals surface area contributed by atoms with E-state index >= 15 is 0 Å². The summed E-state index contributed by atoms with van der Waals surface area (Å²) in [5.74, 6) is 1.76. The summed E-state index contributed by atoms with van der Waals surface area (Å²) >= 11 is 0. The molecule has 1 N–H and O–H groups in total. The molecule has 1 saturated carbocycles. The molecular weight excluding hydrogens is 208 g/mol. The number of nitrogens with zero attached hydrogens (tertiary/aromatic N) is 1. The van der Waals surface area contributed by atoms with E-state index in [4.69, 9.17) is 0 Å². The zero-order chi connectivity index (χ0) is 12.5. The van der Waals surface area contributed by atoms with Crippen molar-refractivity contribution in [3.05, 3.63) is 0 Å². The van der Waals surface area contributed by atoms with Crippen LogP contribution in [0.2, 0.25) is 0 Å². The highest BCUT2D eigenvalue weighted by molar-refractivity contribution is 4.98. The third-order valence-electron chi connectivity index (χ3n) is 4.63. The molecule has 0 aromatic heterocycles. The highest BCUT2D eigenvalue weighted by Crippen LogP contribution is 2.43. The Hall–Kier alpha value is -0.0800. The average Bonchev–Trinajstić information content (AvgIpc) is 3.03. The van der Waals surface area contributed by atoms with E-state index in [-0.39, 0.29) is 0 Å². The molecule has 0 spiro atoms. The zero-order valence-electron chi connectivity index (χ0n) is 12.1. The smallest absolute Gasteiger partial charge is 0.0197 e. The Labute approximate surface area is 107 Å². The molecule has 0 bridgehead atoms. The molecule has 2 nitrogen and oxygen atoms in total. The number of nitrogens with one attached hydrogen (secondary N) is 1. The summed E-state index contributed by atoms with van der Waals surface area (Å²) < 4.78 is 0. The van der Waals surface area contributed by atoms with Gasteiger partial charge in [-0.2, -0.15) is 0 Å². The number of hydrogen-bond donors (Lipinski definition) is 1. The van der Waals surface area contributed by atoms with Gasteiger partial charge in [-0.25, -0.2) is 0 Å². The zero-order valence-corrected chi connectivity index (χ0v) is 12.1. The first-order valence-electron chi connectivity index (χ1n) is 7.48. The van der Waals surface area contributed by atoms with Crippen LogP contribution in [0.5, 0.6) is 0 Å². The summed E-state index contributed by atoms with van der Waals surface area (Å²) in [6, 6.07) is 0.704. The van der Waals surface area contributed by atoms with Gasteiger partial charge in [-0.05, 0) is 64.5 Å². The fraction of sp³-hybridized carbons (Fsp3) is 1.00. The molecule has 0 aromatic carbocycles. The third-order valence-corrected chi connectivity index (χ3v) is 4.63. The molecule has 100 valence electrons. The second-order valence-electron chi connectivity index (χ2n) is 7.01. The molecule has 2 fully saturated rings. The Balaban J connectivity index is 1.96. The molecule has 2 heteroatoms. The van der Waals surface area contributed by atoms with E-state index in [1.165, 1.54) is 45.3 Å². The molecule has 1 atom stereocenters. The highest BCUT2D eigenvalue weighted by atomic mass is 15.2. The van der Waals surface area contributed by atoms with E-state index in [2.05, 4.69) is 37.9 Å². The van der Waals surface area contributed by atoms with Crippen molar-refractivity contribution in [1.29, 1.82) is 0 Å². The monoisotopic (exact) mass is 238 g/mol. The van der Waals surface area contributed by atoms with Crippen LogP contribution in [0.3, 0.4) is 0 Å². The largest absolute Gasteiger partial charge is 0.313 e. The van der Waals surface area contributed by atoms with Crippen molar-refractivity contribution in [2.45, 2.75) is 65.0 Å². The Morgan fingerprint density at radius 2 is 2.00 bits per heavy atom. The van der Waals surface area contributed by atoms with Crippen LogP contribution in [0, 0.1) is 11.8 Å². The van der Waals surface area contributed by atoms with Crippen LogP contribution in [0.4, 0.5) is 0 Å². The highest BCUT2D eigenvalue weighted by Gasteiger charge is 2.42. The molecule has 17 heavy (non-hydrogen) atoms. The standard InChI is InChI=1S/C15H30N2/c1-12(2)10-14-11-17(9-5-8-16-14)15(3,4)13-6-7-13/h12-14,16H,5-11H2,1-4H3. The van der Waals surface area contributed by atoms with Gasteiger partial charge in [0.25, 0.3) is 0 Å². The number of hydrogen-bond acceptors (Lipinski definition) is 2. The van der Waals surface area contributed by atoms with Crippen LogP contribution in [0.15, 0.2) is 0 Å². The molecule has 1 unspecified atom stereocenters. The van der Waals surface area contributed by atoms with Crippen molar-refractivity contribution in [1.82, 2.24) is 10.2 Å². The first kappa shape index (κ1) is 13.4. The summed E-state index contributed by atoms with van der Waals surface area (Å²) in [4.78, 5) is 2.76. The minimum absolute atomic E-state index is 0.432. The van der Waals surface area contributed by atoms with Crippen LogP contribution in [-0.2, 0) is 0 Å². The second kappa shape index (κ2) is 5.27. The molecular formula is C15H30N2. The fourth-order valence-corrected chi connectivity index (χ4v) is 3.30. The molecule has 0 amide bonds. The van der Waals surface area contributed by atoms with Crippen LogP contribution in [0.1, 0.15) is 53.4 Å². The second-order valence-corrected chi connectivity index (χ2v) is 7.01. The SMILES string of the molecule is CC(C)CC1CN(C(C)(C)C2CC2)CCCN1. The fourth-order valence-electron chi connectivity index (χ4n) is 3.30. The predicted octanol–water partition coefficient (Wildman–Crippen LogP) is 2.89. The average molecular weight is 238 g/mol. The summed E-state index contributed by atoms with van der Waals surface area (Å²) in [6.07, 6.45) is 5.53. The quantitative estimate of drug-likeness (QED) is 0.810. The van der Waals surface area contributed by atoms with Crippen LogP contribution < -0.4 is 5.32 Å². The van der Waals surface area contributed by atoms with E-state index < -0.39 is 0 Å². The van der Waals surface area contributed by atoms with Gasteiger partial charge < -0.3 is 5.32 Å². The van der Waals surface area contributed by atoms with Gasteiger partial charge in [0.05, 0.1) is 0 Å². The molecule has 0 radical (unpaired) electrons. The Morgan fingerprint density at radius 3 is 2.59 bits per heavy atom. The third kappa shape index (κ3) is 3.45. The van der Waals surface area contributed by atoms with Gasteiger partial charge in [-0.15, -0.1) is 0 Å². The maximum atomic E-state index is 3.73. The van der Waals surface area contributed by atoms with Gasteiger partial charge >= 0.3 is 0 Å². The van der Waals surface area contributed by atoms with Crippen LogP contribution in [-0.4, -0.2) is 36.1 Å². The van der Waals surface area contributed by atoms with E-state index in [9.17, 15) is 0 Å². The topological polar surface area (TPSA) is 15.3 Å². The molecule has 0 aromatic rings. The lowest BCUT2D eigenvalue weighted by atomic mass is 9.94.